The van der Waals surface area contributed by atoms with Gasteiger partial charge in [-0.05, 0) is 80.3 Å². The third-order valence-electron chi connectivity index (χ3n) is 8.77. The quantitative estimate of drug-likeness (QED) is 0.566. The summed E-state index contributed by atoms with van der Waals surface area (Å²) in [4.78, 5) is 26.8. The highest BCUT2D eigenvalue weighted by Gasteiger charge is 2.54. The molecule has 0 amide bonds. The van der Waals surface area contributed by atoms with Crippen molar-refractivity contribution in [3.05, 3.63) is 23.3 Å². The number of aliphatic hydroxyl groups is 2. The molecule has 0 radical (unpaired) electrons. The zero-order valence-corrected chi connectivity index (χ0v) is 20.1. The maximum atomic E-state index is 13.7. The van der Waals surface area contributed by atoms with E-state index in [-0.39, 0.29) is 29.5 Å². The molecule has 31 heavy (non-hydrogen) atoms. The monoisotopic (exact) mass is 430 g/mol. The summed E-state index contributed by atoms with van der Waals surface area (Å²) in [5.41, 5.74) is 0.149. The van der Waals surface area contributed by atoms with Crippen LogP contribution in [0.1, 0.15) is 86.0 Å². The lowest BCUT2D eigenvalue weighted by Crippen LogP contribution is -2.45. The third-order valence-corrected chi connectivity index (χ3v) is 8.77. The standard InChI is InChI=1S/C27H42O4/c1-17(2)7-6-8-18(3)21-9-10-22(26(21,4)13-14-28)20-16-24(30)23-15-19(29)11-12-27(23,5)25(20)31/h15-19,21-22,28-29H,6-14H2,1-5H3/t18-,19-,21-,22+,26-,27+/m1/s1. The molecular weight excluding hydrogens is 388 g/mol. The average molecular weight is 431 g/mol. The highest BCUT2D eigenvalue weighted by Crippen LogP contribution is 2.58. The van der Waals surface area contributed by atoms with Crippen LogP contribution in [0.5, 0.6) is 0 Å². The summed E-state index contributed by atoms with van der Waals surface area (Å²) in [7, 11) is 0. The van der Waals surface area contributed by atoms with Crippen LogP contribution in [0.4, 0.5) is 0 Å². The lowest BCUT2D eigenvalue weighted by molar-refractivity contribution is -0.128. The van der Waals surface area contributed by atoms with Crippen molar-refractivity contribution in [2.24, 2.45) is 34.5 Å². The molecule has 0 aliphatic heterocycles. The van der Waals surface area contributed by atoms with Gasteiger partial charge in [0.2, 0.25) is 0 Å². The maximum Gasteiger partial charge on any atom is 0.183 e. The molecule has 3 aliphatic rings. The fourth-order valence-corrected chi connectivity index (χ4v) is 6.84. The number of rotatable bonds is 8. The molecule has 0 bridgehead atoms. The Hall–Kier alpha value is -1.26. The second-order valence-electron chi connectivity index (χ2n) is 11.3. The second-order valence-corrected chi connectivity index (χ2v) is 11.3. The summed E-state index contributed by atoms with van der Waals surface area (Å²) in [5.74, 6) is 1.65. The van der Waals surface area contributed by atoms with Crippen LogP contribution >= 0.6 is 0 Å². The van der Waals surface area contributed by atoms with Gasteiger partial charge in [-0.1, -0.05) is 47.0 Å². The fraction of sp³-hybridized carbons (Fsp3) is 0.778. The van der Waals surface area contributed by atoms with Gasteiger partial charge in [0.25, 0.3) is 0 Å². The minimum atomic E-state index is -0.818. The van der Waals surface area contributed by atoms with E-state index in [0.717, 1.165) is 12.8 Å². The van der Waals surface area contributed by atoms with E-state index in [1.807, 2.05) is 6.92 Å². The first-order valence-corrected chi connectivity index (χ1v) is 12.4. The third kappa shape index (κ3) is 4.48. The van der Waals surface area contributed by atoms with Crippen molar-refractivity contribution in [2.45, 2.75) is 92.1 Å². The summed E-state index contributed by atoms with van der Waals surface area (Å²) in [6.45, 7) is 11.1. The summed E-state index contributed by atoms with van der Waals surface area (Å²) in [5, 5.41) is 19.9. The molecule has 174 valence electrons. The molecule has 0 unspecified atom stereocenters. The van der Waals surface area contributed by atoms with Crippen molar-refractivity contribution in [2.75, 3.05) is 6.61 Å². The Morgan fingerprint density at radius 3 is 2.45 bits per heavy atom. The van der Waals surface area contributed by atoms with E-state index in [1.165, 1.54) is 19.3 Å². The smallest absolute Gasteiger partial charge is 0.183 e. The number of hydrogen-bond donors (Lipinski definition) is 2. The first kappa shape index (κ1) is 24.4. The van der Waals surface area contributed by atoms with Gasteiger partial charge < -0.3 is 10.2 Å². The lowest BCUT2D eigenvalue weighted by atomic mass is 9.58. The second kappa shape index (κ2) is 9.31. The minimum Gasteiger partial charge on any atom is -0.396 e. The first-order valence-electron chi connectivity index (χ1n) is 12.4. The van der Waals surface area contributed by atoms with Gasteiger partial charge in [-0.15, -0.1) is 0 Å². The van der Waals surface area contributed by atoms with E-state index >= 15 is 0 Å². The normalized spacial score (nSPS) is 37.0. The number of hydrogen-bond acceptors (Lipinski definition) is 4. The van der Waals surface area contributed by atoms with Crippen molar-refractivity contribution in [3.63, 3.8) is 0 Å². The molecule has 3 aliphatic carbocycles. The molecule has 1 saturated carbocycles. The van der Waals surface area contributed by atoms with Crippen LogP contribution in [0.2, 0.25) is 0 Å². The van der Waals surface area contributed by atoms with Crippen LogP contribution in [0.15, 0.2) is 23.3 Å². The summed E-state index contributed by atoms with van der Waals surface area (Å²) in [6.07, 6.45) is 9.77. The van der Waals surface area contributed by atoms with Crippen molar-refractivity contribution in [1.82, 2.24) is 0 Å². The molecule has 0 aromatic heterocycles. The Kier molecular flexibility index (Phi) is 7.32. The molecule has 1 fully saturated rings. The van der Waals surface area contributed by atoms with Crippen LogP contribution < -0.4 is 0 Å². The molecule has 0 aromatic rings. The van der Waals surface area contributed by atoms with Gasteiger partial charge >= 0.3 is 0 Å². The summed E-state index contributed by atoms with van der Waals surface area (Å²) < 4.78 is 0. The fourth-order valence-electron chi connectivity index (χ4n) is 6.84. The molecule has 3 rings (SSSR count). The van der Waals surface area contributed by atoms with Crippen molar-refractivity contribution < 1.29 is 19.8 Å². The minimum absolute atomic E-state index is 0.0128. The molecular formula is C27H42O4. The topological polar surface area (TPSA) is 74.6 Å². The summed E-state index contributed by atoms with van der Waals surface area (Å²) >= 11 is 0. The van der Waals surface area contributed by atoms with Gasteiger partial charge in [0.1, 0.15) is 0 Å². The van der Waals surface area contributed by atoms with Crippen LogP contribution in [0, 0.1) is 34.5 Å². The van der Waals surface area contributed by atoms with Crippen LogP contribution in [0.3, 0.4) is 0 Å². The predicted octanol–water partition coefficient (Wildman–Crippen LogP) is 5.03. The van der Waals surface area contributed by atoms with Crippen molar-refractivity contribution in [1.29, 1.82) is 0 Å². The van der Waals surface area contributed by atoms with Gasteiger partial charge in [-0.2, -0.15) is 0 Å². The van der Waals surface area contributed by atoms with Gasteiger partial charge in [0.05, 0.1) is 11.5 Å². The zero-order chi connectivity index (χ0) is 23.0. The zero-order valence-electron chi connectivity index (χ0n) is 20.1. The summed E-state index contributed by atoms with van der Waals surface area (Å²) in [6, 6.07) is 0. The Morgan fingerprint density at radius 2 is 1.81 bits per heavy atom. The van der Waals surface area contributed by atoms with Crippen LogP contribution in [-0.2, 0) is 9.59 Å². The SMILES string of the molecule is CC(C)CCC[C@@H](C)[C@H]1CC[C@@H](C2=CC(=O)C3=C[C@H](O)CC[C@]3(C)C2=O)[C@]1(C)CCO. The van der Waals surface area contributed by atoms with Crippen molar-refractivity contribution in [3.8, 4) is 0 Å². The Labute approximate surface area is 188 Å². The molecule has 0 saturated heterocycles. The molecule has 4 heteroatoms. The number of fused-ring (bicyclic) bond motifs is 1. The Balaban J connectivity index is 1.89. The van der Waals surface area contributed by atoms with Gasteiger partial charge in [-0.3, -0.25) is 9.59 Å². The molecule has 0 heterocycles. The van der Waals surface area contributed by atoms with E-state index in [2.05, 4.69) is 27.7 Å². The van der Waals surface area contributed by atoms with Gasteiger partial charge in [0.15, 0.2) is 11.6 Å². The average Bonchev–Trinajstić information content (AvgIpc) is 3.03. The highest BCUT2D eigenvalue weighted by atomic mass is 16.3. The predicted molar refractivity (Wildman–Crippen MR) is 123 cm³/mol. The Morgan fingerprint density at radius 1 is 1.10 bits per heavy atom. The number of aliphatic hydroxyl groups excluding tert-OH is 2. The van der Waals surface area contributed by atoms with Gasteiger partial charge in [-0.25, -0.2) is 0 Å². The van der Waals surface area contributed by atoms with Crippen LogP contribution in [-0.4, -0.2) is 34.5 Å². The largest absolute Gasteiger partial charge is 0.396 e. The molecule has 0 aromatic carbocycles. The lowest BCUT2D eigenvalue weighted by Gasteiger charge is -2.44. The first-order chi connectivity index (χ1) is 14.5. The number of carbonyl (C=O) groups excluding carboxylic acids is 2. The molecule has 2 N–H and O–H groups in total. The van der Waals surface area contributed by atoms with E-state index in [0.29, 0.717) is 48.2 Å². The van der Waals surface area contributed by atoms with E-state index < -0.39 is 11.5 Å². The van der Waals surface area contributed by atoms with E-state index in [4.69, 9.17) is 0 Å². The number of Topliss-reactive ketones (excluding diaryl/α,β-unsaturated/α-hetero) is 1. The number of ketones is 2. The van der Waals surface area contributed by atoms with E-state index in [1.54, 1.807) is 12.2 Å². The molecule has 4 nitrogen and oxygen atoms in total. The maximum absolute atomic E-state index is 13.7. The van der Waals surface area contributed by atoms with Crippen molar-refractivity contribution >= 4 is 11.6 Å². The van der Waals surface area contributed by atoms with Gasteiger partial charge in [0, 0.05) is 17.8 Å². The van der Waals surface area contributed by atoms with Crippen LogP contribution in [0.25, 0.3) is 0 Å². The Bertz CT molecular complexity index is 763. The number of carbonyl (C=O) groups is 2. The highest BCUT2D eigenvalue weighted by molar-refractivity contribution is 6.20. The van der Waals surface area contributed by atoms with E-state index in [9.17, 15) is 19.8 Å². The molecule has 6 atom stereocenters. The molecule has 0 spiro atoms. The number of allylic oxidation sites excluding steroid dienone is 3.